The van der Waals surface area contributed by atoms with Gasteiger partial charge in [0.2, 0.25) is 0 Å². The average molecular weight is 445 g/mol. The molecule has 0 amide bonds. The summed E-state index contributed by atoms with van der Waals surface area (Å²) in [6.45, 7) is 0. The van der Waals surface area contributed by atoms with Crippen molar-refractivity contribution in [3.8, 4) is 28.1 Å². The molecule has 0 saturated carbocycles. The van der Waals surface area contributed by atoms with Gasteiger partial charge >= 0.3 is 0 Å². The molecular weight excluding hydrogens is 424 g/mol. The number of rotatable bonds is 5. The number of aromatic nitrogens is 4. The van der Waals surface area contributed by atoms with Crippen molar-refractivity contribution < 1.29 is 13.2 Å². The van der Waals surface area contributed by atoms with Crippen molar-refractivity contribution in [2.75, 3.05) is 13.4 Å². The van der Waals surface area contributed by atoms with E-state index in [1.807, 2.05) is 42.5 Å². The lowest BCUT2D eigenvalue weighted by Gasteiger charge is -2.11. The quantitative estimate of drug-likeness (QED) is 0.432. The highest BCUT2D eigenvalue weighted by molar-refractivity contribution is 7.89. The van der Waals surface area contributed by atoms with E-state index in [9.17, 15) is 8.42 Å². The van der Waals surface area contributed by atoms with Crippen molar-refractivity contribution in [1.82, 2.24) is 19.9 Å². The number of ether oxygens (including phenoxy) is 1. The van der Waals surface area contributed by atoms with Crippen molar-refractivity contribution in [2.24, 2.45) is 0 Å². The number of fused-ring (bicyclic) bond motifs is 3. The molecule has 32 heavy (non-hydrogen) atoms. The number of pyridine rings is 3. The summed E-state index contributed by atoms with van der Waals surface area (Å²) >= 11 is 0. The number of nitrogens with zero attached hydrogens (tertiary/aromatic N) is 3. The van der Waals surface area contributed by atoms with E-state index in [-0.39, 0.29) is 5.75 Å². The highest BCUT2D eigenvalue weighted by Gasteiger charge is 2.18. The molecule has 4 aromatic heterocycles. The van der Waals surface area contributed by atoms with E-state index in [1.165, 1.54) is 6.26 Å². The Kier molecular flexibility index (Phi) is 4.86. The number of methoxy groups -OCH3 is 1. The molecule has 5 aromatic rings. The molecule has 0 radical (unpaired) electrons. The lowest BCUT2D eigenvalue weighted by Crippen LogP contribution is -2.00. The highest BCUT2D eigenvalue weighted by Crippen LogP contribution is 2.40. The molecule has 7 nitrogen and oxygen atoms in total. The number of hydrogen-bond acceptors (Lipinski definition) is 6. The van der Waals surface area contributed by atoms with E-state index in [0.717, 1.165) is 49.9 Å². The van der Waals surface area contributed by atoms with E-state index < -0.39 is 9.84 Å². The van der Waals surface area contributed by atoms with Crippen LogP contribution in [-0.2, 0) is 15.6 Å². The van der Waals surface area contributed by atoms with Crippen LogP contribution >= 0.6 is 0 Å². The Labute approximate surface area is 185 Å². The van der Waals surface area contributed by atoms with Gasteiger partial charge in [-0.1, -0.05) is 24.3 Å². The van der Waals surface area contributed by atoms with E-state index in [1.54, 1.807) is 31.9 Å². The van der Waals surface area contributed by atoms with Crippen molar-refractivity contribution >= 4 is 31.8 Å². The first-order chi connectivity index (χ1) is 15.4. The van der Waals surface area contributed by atoms with Crippen molar-refractivity contribution in [2.45, 2.75) is 5.75 Å². The summed E-state index contributed by atoms with van der Waals surface area (Å²) in [5, 5.41) is 1.89. The second-order valence-electron chi connectivity index (χ2n) is 7.67. The molecule has 1 aromatic carbocycles. The lowest BCUT2D eigenvalue weighted by molar-refractivity contribution is 0.415. The largest absolute Gasteiger partial charge is 0.494 e. The molecule has 0 unspecified atom stereocenters. The van der Waals surface area contributed by atoms with Gasteiger partial charge in [0, 0.05) is 40.5 Å². The van der Waals surface area contributed by atoms with Gasteiger partial charge in [-0.05, 0) is 29.3 Å². The third-order valence-corrected chi connectivity index (χ3v) is 6.18. The molecule has 0 fully saturated rings. The average Bonchev–Trinajstić information content (AvgIpc) is 3.16. The summed E-state index contributed by atoms with van der Waals surface area (Å²) in [6.07, 6.45) is 8.23. The van der Waals surface area contributed by atoms with E-state index in [0.29, 0.717) is 5.75 Å². The molecule has 8 heteroatoms. The van der Waals surface area contributed by atoms with Crippen LogP contribution in [0.4, 0.5) is 0 Å². The fourth-order valence-electron chi connectivity index (χ4n) is 3.92. The van der Waals surface area contributed by atoms with Gasteiger partial charge in [0.05, 0.1) is 36.5 Å². The summed E-state index contributed by atoms with van der Waals surface area (Å²) in [5.41, 5.74) is 5.85. The van der Waals surface area contributed by atoms with Crippen LogP contribution in [-0.4, -0.2) is 41.7 Å². The Bertz CT molecular complexity index is 1540. The van der Waals surface area contributed by atoms with Crippen LogP contribution in [0.1, 0.15) is 5.56 Å². The number of H-pyrrole nitrogens is 1. The van der Waals surface area contributed by atoms with Crippen LogP contribution in [0, 0.1) is 0 Å². The normalized spacial score (nSPS) is 11.8. The first-order valence-corrected chi connectivity index (χ1v) is 12.0. The van der Waals surface area contributed by atoms with Crippen LogP contribution in [0.3, 0.4) is 0 Å². The summed E-state index contributed by atoms with van der Waals surface area (Å²) in [7, 11) is -1.49. The van der Waals surface area contributed by atoms with Gasteiger partial charge in [-0.25, -0.2) is 13.4 Å². The van der Waals surface area contributed by atoms with Gasteiger partial charge in [0.15, 0.2) is 9.84 Å². The molecule has 0 bridgehead atoms. The number of hydrogen-bond donors (Lipinski definition) is 1. The van der Waals surface area contributed by atoms with Crippen LogP contribution in [0.5, 0.6) is 5.75 Å². The number of nitrogens with one attached hydrogen (secondary N) is 1. The monoisotopic (exact) mass is 444 g/mol. The minimum Gasteiger partial charge on any atom is -0.494 e. The maximum atomic E-state index is 11.6. The van der Waals surface area contributed by atoms with Gasteiger partial charge in [-0.15, -0.1) is 0 Å². The Morgan fingerprint density at radius 2 is 1.81 bits per heavy atom. The van der Waals surface area contributed by atoms with Crippen LogP contribution in [0.25, 0.3) is 44.3 Å². The maximum absolute atomic E-state index is 11.6. The zero-order valence-electron chi connectivity index (χ0n) is 17.5. The zero-order chi connectivity index (χ0) is 22.3. The molecule has 0 saturated heterocycles. The Balaban J connectivity index is 1.73. The number of aromatic amines is 1. The van der Waals surface area contributed by atoms with Crippen molar-refractivity contribution in [1.29, 1.82) is 0 Å². The Hall–Kier alpha value is -3.78. The topological polar surface area (TPSA) is 97.8 Å². The molecule has 1 N–H and O–H groups in total. The van der Waals surface area contributed by atoms with Gasteiger partial charge in [-0.3, -0.25) is 9.97 Å². The predicted octanol–water partition coefficient (Wildman–Crippen LogP) is 4.39. The molecule has 0 atom stereocenters. The zero-order valence-corrected chi connectivity index (χ0v) is 18.3. The van der Waals surface area contributed by atoms with Crippen molar-refractivity contribution in [3.63, 3.8) is 0 Å². The van der Waals surface area contributed by atoms with Gasteiger partial charge in [-0.2, -0.15) is 0 Å². The van der Waals surface area contributed by atoms with Crippen LogP contribution in [0.15, 0.2) is 67.3 Å². The molecule has 0 aliphatic heterocycles. The smallest absolute Gasteiger partial charge is 0.151 e. The predicted molar refractivity (Wildman–Crippen MR) is 125 cm³/mol. The second-order valence-corrected chi connectivity index (χ2v) is 9.81. The van der Waals surface area contributed by atoms with Crippen molar-refractivity contribution in [3.05, 3.63) is 72.8 Å². The summed E-state index contributed by atoms with van der Waals surface area (Å²) in [4.78, 5) is 16.7. The molecule has 0 aliphatic rings. The fourth-order valence-corrected chi connectivity index (χ4v) is 4.72. The fraction of sp³-hybridized carbons (Fsp3) is 0.125. The minimum absolute atomic E-state index is 0.00337. The highest BCUT2D eigenvalue weighted by atomic mass is 32.2. The standard InChI is InChI=1S/C24H20N4O3S/c1-31-21-13-27-24-23(22(21)16-7-5-15(6-8-16)14-32(2,29)30)18-10-19(26-12-20(18)28-24)17-4-3-9-25-11-17/h3-13H,14H2,1-2H3,(H,27,28). The lowest BCUT2D eigenvalue weighted by atomic mass is 9.99. The molecular formula is C24H20N4O3S. The van der Waals surface area contributed by atoms with Crippen LogP contribution < -0.4 is 4.74 Å². The minimum atomic E-state index is -3.10. The molecule has 5 rings (SSSR count). The SMILES string of the molecule is COc1cnc2[nH]c3cnc(-c4cccnc4)cc3c2c1-c1ccc(CS(C)(=O)=O)cc1. The van der Waals surface area contributed by atoms with Gasteiger partial charge in [0.25, 0.3) is 0 Å². The van der Waals surface area contributed by atoms with Crippen LogP contribution in [0.2, 0.25) is 0 Å². The maximum Gasteiger partial charge on any atom is 0.151 e. The second kappa shape index (κ2) is 7.72. The van der Waals surface area contributed by atoms with E-state index in [4.69, 9.17) is 4.74 Å². The third-order valence-electron chi connectivity index (χ3n) is 5.32. The first kappa shape index (κ1) is 20.1. The Morgan fingerprint density at radius 3 is 2.50 bits per heavy atom. The summed E-state index contributed by atoms with van der Waals surface area (Å²) < 4.78 is 29.0. The van der Waals surface area contributed by atoms with Gasteiger partial charge in [0.1, 0.15) is 11.4 Å². The van der Waals surface area contributed by atoms with Gasteiger partial charge < -0.3 is 9.72 Å². The molecule has 4 heterocycles. The number of benzene rings is 1. The van der Waals surface area contributed by atoms with E-state index >= 15 is 0 Å². The molecule has 0 spiro atoms. The molecule has 160 valence electrons. The number of sulfone groups is 1. The Morgan fingerprint density at radius 1 is 1.00 bits per heavy atom. The third kappa shape index (κ3) is 3.69. The van der Waals surface area contributed by atoms with E-state index in [2.05, 4.69) is 19.9 Å². The molecule has 0 aliphatic carbocycles. The summed E-state index contributed by atoms with van der Waals surface area (Å²) in [6, 6.07) is 13.4. The summed E-state index contributed by atoms with van der Waals surface area (Å²) in [5.74, 6) is 0.637. The first-order valence-electron chi connectivity index (χ1n) is 9.95.